The van der Waals surface area contributed by atoms with Crippen LogP contribution in [0.1, 0.15) is 35.4 Å². The summed E-state index contributed by atoms with van der Waals surface area (Å²) in [5, 5.41) is 19.8. The van der Waals surface area contributed by atoms with E-state index in [0.29, 0.717) is 21.9 Å². The maximum atomic E-state index is 9.74. The molecule has 0 aliphatic carbocycles. The summed E-state index contributed by atoms with van der Waals surface area (Å²) in [6.07, 6.45) is 2.56. The average Bonchev–Trinajstić information content (AvgIpc) is 3.38. The van der Waals surface area contributed by atoms with Gasteiger partial charge in [0.05, 0.1) is 11.3 Å². The summed E-state index contributed by atoms with van der Waals surface area (Å²) in [5.41, 5.74) is 9.73. The molecule has 1 aliphatic heterocycles. The third kappa shape index (κ3) is 5.82. The largest absolute Gasteiger partial charge is 0.383 e. The Morgan fingerprint density at radius 3 is 2.26 bits per heavy atom. The number of nitrogens with zero attached hydrogens (tertiary/aromatic N) is 4. The van der Waals surface area contributed by atoms with Gasteiger partial charge in [0.2, 0.25) is 0 Å². The molecule has 0 radical (unpaired) electrons. The molecule has 0 bridgehead atoms. The summed E-state index contributed by atoms with van der Waals surface area (Å²) < 4.78 is 4.94. The minimum absolute atomic E-state index is 0.130. The molecule has 31 heavy (non-hydrogen) atoms. The van der Waals surface area contributed by atoms with Crippen LogP contribution >= 0.6 is 11.8 Å². The van der Waals surface area contributed by atoms with E-state index in [2.05, 4.69) is 22.1 Å². The summed E-state index contributed by atoms with van der Waals surface area (Å²) in [7, 11) is 0. The molecule has 3 aromatic rings. The molecule has 1 fully saturated rings. The molecule has 1 aromatic carbocycles. The van der Waals surface area contributed by atoms with Crippen molar-refractivity contribution < 1.29 is 4.74 Å². The monoisotopic (exact) mass is 429 g/mol. The van der Waals surface area contributed by atoms with E-state index >= 15 is 0 Å². The van der Waals surface area contributed by atoms with E-state index in [9.17, 15) is 10.5 Å². The molecule has 7 heteroatoms. The number of aromatic nitrogens is 2. The fourth-order valence-electron chi connectivity index (χ4n) is 3.13. The first-order chi connectivity index (χ1) is 15.1. The van der Waals surface area contributed by atoms with Gasteiger partial charge in [-0.05, 0) is 37.5 Å². The van der Waals surface area contributed by atoms with Gasteiger partial charge in [0.25, 0.3) is 0 Å². The van der Waals surface area contributed by atoms with Crippen molar-refractivity contribution in [2.45, 2.75) is 30.5 Å². The van der Waals surface area contributed by atoms with Crippen molar-refractivity contribution in [3.63, 3.8) is 0 Å². The topological polar surface area (TPSA) is 109 Å². The van der Waals surface area contributed by atoms with Gasteiger partial charge in [0.15, 0.2) is 0 Å². The van der Waals surface area contributed by atoms with E-state index in [-0.39, 0.29) is 11.4 Å². The zero-order valence-corrected chi connectivity index (χ0v) is 18.2. The number of nitriles is 2. The van der Waals surface area contributed by atoms with Gasteiger partial charge >= 0.3 is 0 Å². The highest BCUT2D eigenvalue weighted by Gasteiger charge is 2.20. The van der Waals surface area contributed by atoms with Gasteiger partial charge in [0, 0.05) is 30.2 Å². The van der Waals surface area contributed by atoms with Crippen LogP contribution in [-0.4, -0.2) is 23.2 Å². The van der Waals surface area contributed by atoms with E-state index in [1.165, 1.54) is 24.6 Å². The van der Waals surface area contributed by atoms with E-state index in [1.54, 1.807) is 0 Å². The number of nitrogen functional groups attached to an aromatic ring is 1. The zero-order valence-electron chi connectivity index (χ0n) is 17.3. The van der Waals surface area contributed by atoms with E-state index in [0.717, 1.165) is 30.2 Å². The molecule has 0 amide bonds. The minimum atomic E-state index is 0.130. The summed E-state index contributed by atoms with van der Waals surface area (Å²) in [6, 6.07) is 19.4. The van der Waals surface area contributed by atoms with Gasteiger partial charge in [-0.15, -0.1) is 0 Å². The van der Waals surface area contributed by atoms with Crippen molar-refractivity contribution in [2.24, 2.45) is 0 Å². The number of rotatable bonds is 4. The number of aryl methyl sites for hydroxylation is 1. The van der Waals surface area contributed by atoms with Crippen molar-refractivity contribution in [2.75, 3.05) is 18.9 Å². The molecule has 0 atom stereocenters. The lowest BCUT2D eigenvalue weighted by atomic mass is 9.97. The van der Waals surface area contributed by atoms with E-state index in [4.69, 9.17) is 10.5 Å². The lowest BCUT2D eigenvalue weighted by Crippen LogP contribution is -2.03. The third-order valence-electron chi connectivity index (χ3n) is 4.61. The highest BCUT2D eigenvalue weighted by molar-refractivity contribution is 7.98. The average molecular weight is 430 g/mol. The summed E-state index contributed by atoms with van der Waals surface area (Å²) >= 11 is 1.39. The van der Waals surface area contributed by atoms with Gasteiger partial charge in [-0.1, -0.05) is 48.2 Å². The Bertz CT molecular complexity index is 1110. The number of ether oxygens (including phenoxy) is 1. The number of thioether (sulfide) groups is 1. The highest BCUT2D eigenvalue weighted by atomic mass is 32.2. The SMILES string of the molecule is C1CCOC1.Cc1cccc(CSc2nc(N)c(C#N)c(-c3ccccc3)c2C#N)n1. The molecule has 0 spiro atoms. The normalized spacial score (nSPS) is 12.4. The maximum Gasteiger partial charge on any atom is 0.143 e. The second kappa shape index (κ2) is 11.1. The number of nitrogens with two attached hydrogens (primary N) is 1. The van der Waals surface area contributed by atoms with Crippen LogP contribution in [-0.2, 0) is 10.5 Å². The summed E-state index contributed by atoms with van der Waals surface area (Å²) in [5.74, 6) is 0.688. The minimum Gasteiger partial charge on any atom is -0.383 e. The number of hydrogen-bond donors (Lipinski definition) is 1. The highest BCUT2D eigenvalue weighted by Crippen LogP contribution is 2.36. The van der Waals surface area contributed by atoms with Crippen LogP contribution in [0.25, 0.3) is 11.1 Å². The molecule has 3 heterocycles. The molecule has 4 rings (SSSR count). The first-order valence-corrected chi connectivity index (χ1v) is 10.9. The smallest absolute Gasteiger partial charge is 0.143 e. The van der Waals surface area contributed by atoms with Crippen LogP contribution in [0, 0.1) is 29.6 Å². The Morgan fingerprint density at radius 2 is 1.68 bits per heavy atom. The van der Waals surface area contributed by atoms with Gasteiger partial charge in [-0.25, -0.2) is 4.98 Å². The van der Waals surface area contributed by atoms with Crippen LogP contribution in [0.5, 0.6) is 0 Å². The molecule has 1 aliphatic rings. The molecular formula is C24H23N5OS. The van der Waals surface area contributed by atoms with Gasteiger partial charge in [-0.3, -0.25) is 4.98 Å². The lowest BCUT2D eigenvalue weighted by molar-refractivity contribution is 0.198. The van der Waals surface area contributed by atoms with Crippen LogP contribution in [0.15, 0.2) is 53.6 Å². The van der Waals surface area contributed by atoms with Crippen LogP contribution < -0.4 is 5.73 Å². The Hall–Kier alpha value is -3.39. The first-order valence-electron chi connectivity index (χ1n) is 9.96. The maximum absolute atomic E-state index is 9.74. The Labute approximate surface area is 186 Å². The molecular weight excluding hydrogens is 406 g/mol. The summed E-state index contributed by atoms with van der Waals surface area (Å²) in [4.78, 5) is 8.77. The Balaban J connectivity index is 0.000000478. The number of benzene rings is 1. The van der Waals surface area contributed by atoms with Gasteiger partial charge in [-0.2, -0.15) is 10.5 Å². The third-order valence-corrected chi connectivity index (χ3v) is 5.62. The number of hydrogen-bond acceptors (Lipinski definition) is 7. The molecule has 6 nitrogen and oxygen atoms in total. The number of anilines is 1. The molecule has 0 unspecified atom stereocenters. The predicted molar refractivity (Wildman–Crippen MR) is 122 cm³/mol. The zero-order chi connectivity index (χ0) is 22.1. The number of pyridine rings is 2. The van der Waals surface area contributed by atoms with Crippen LogP contribution in [0.4, 0.5) is 5.82 Å². The van der Waals surface area contributed by atoms with Crippen molar-refractivity contribution in [3.8, 4) is 23.3 Å². The van der Waals surface area contributed by atoms with E-state index in [1.807, 2.05) is 55.5 Å². The molecule has 2 N–H and O–H groups in total. The van der Waals surface area contributed by atoms with Crippen molar-refractivity contribution in [3.05, 3.63) is 71.0 Å². The van der Waals surface area contributed by atoms with Crippen molar-refractivity contribution in [1.29, 1.82) is 10.5 Å². The quantitative estimate of drug-likeness (QED) is 0.589. The standard InChI is InChI=1S/C20H15N5S.C4H8O/c1-13-6-5-9-15(24-13)12-26-20-17(11-22)18(14-7-3-2-4-8-14)16(10-21)19(23)25-20;1-2-4-5-3-1/h2-9H,12H2,1H3,(H2,23,25);1-4H2. The Morgan fingerprint density at radius 1 is 0.968 bits per heavy atom. The molecule has 1 saturated heterocycles. The fourth-order valence-corrected chi connectivity index (χ4v) is 4.03. The summed E-state index contributed by atoms with van der Waals surface area (Å²) in [6.45, 7) is 3.93. The van der Waals surface area contributed by atoms with Crippen LogP contribution in [0.2, 0.25) is 0 Å². The van der Waals surface area contributed by atoms with Crippen LogP contribution in [0.3, 0.4) is 0 Å². The second-order valence-corrected chi connectivity index (χ2v) is 7.86. The Kier molecular flexibility index (Phi) is 8.00. The van der Waals surface area contributed by atoms with E-state index < -0.39 is 0 Å². The second-order valence-electron chi connectivity index (χ2n) is 6.90. The van der Waals surface area contributed by atoms with Gasteiger partial charge in [0.1, 0.15) is 28.5 Å². The molecule has 2 aromatic heterocycles. The van der Waals surface area contributed by atoms with Crippen molar-refractivity contribution in [1.82, 2.24) is 9.97 Å². The first kappa shape index (κ1) is 22.3. The lowest BCUT2D eigenvalue weighted by Gasteiger charge is -2.13. The molecule has 156 valence electrons. The molecule has 0 saturated carbocycles. The van der Waals surface area contributed by atoms with Gasteiger partial charge < -0.3 is 10.5 Å². The predicted octanol–water partition coefficient (Wildman–Crippen LogP) is 4.87. The fraction of sp³-hybridized carbons (Fsp3) is 0.250. The van der Waals surface area contributed by atoms with Crippen molar-refractivity contribution >= 4 is 17.6 Å².